The number of methoxy groups -OCH3 is 1. The summed E-state index contributed by atoms with van der Waals surface area (Å²) in [7, 11) is 1.20. The molecule has 0 bridgehead atoms. The summed E-state index contributed by atoms with van der Waals surface area (Å²) >= 11 is 0. The Morgan fingerprint density at radius 2 is 2.18 bits per heavy atom. The first kappa shape index (κ1) is 17.2. The number of rotatable bonds is 6. The van der Waals surface area contributed by atoms with Gasteiger partial charge in [-0.05, 0) is 31.5 Å². The fourth-order valence-electron chi connectivity index (χ4n) is 1.56. The number of benzene rings is 1. The molecule has 0 aliphatic carbocycles. The predicted molar refractivity (Wildman–Crippen MR) is 83.0 cm³/mol. The van der Waals surface area contributed by atoms with Gasteiger partial charge in [-0.15, -0.1) is 0 Å². The highest BCUT2D eigenvalue weighted by Gasteiger charge is 2.10. The van der Waals surface area contributed by atoms with Crippen molar-refractivity contribution in [2.24, 2.45) is 0 Å². The molecule has 0 saturated heterocycles. The van der Waals surface area contributed by atoms with Crippen LogP contribution in [0, 0.1) is 11.3 Å². The number of nitrogens with zero attached hydrogens (tertiary/aromatic N) is 1. The highest BCUT2D eigenvalue weighted by molar-refractivity contribution is 5.95. The molecule has 2 N–H and O–H groups in total. The van der Waals surface area contributed by atoms with E-state index >= 15 is 0 Å². The van der Waals surface area contributed by atoms with Crippen LogP contribution in [0.5, 0.6) is 0 Å². The first-order valence-electron chi connectivity index (χ1n) is 6.87. The average Bonchev–Trinajstić information content (AvgIpc) is 2.55. The van der Waals surface area contributed by atoms with Gasteiger partial charge in [0.1, 0.15) is 6.07 Å². The zero-order chi connectivity index (χ0) is 16.5. The van der Waals surface area contributed by atoms with E-state index in [1.807, 2.05) is 13.8 Å². The van der Waals surface area contributed by atoms with Crippen molar-refractivity contribution in [3.63, 3.8) is 0 Å². The van der Waals surface area contributed by atoms with Gasteiger partial charge in [0.05, 0.1) is 7.11 Å². The van der Waals surface area contributed by atoms with Crippen LogP contribution < -0.4 is 10.6 Å². The van der Waals surface area contributed by atoms with Crippen LogP contribution in [0.3, 0.4) is 0 Å². The van der Waals surface area contributed by atoms with Crippen molar-refractivity contribution in [3.8, 4) is 6.07 Å². The molecule has 0 aliphatic rings. The molecule has 0 fully saturated rings. The predicted octanol–water partition coefficient (Wildman–Crippen LogP) is 2.21. The average molecular weight is 301 g/mol. The Balaban J connectivity index is 2.85. The van der Waals surface area contributed by atoms with Crippen LogP contribution >= 0.6 is 0 Å². The molecule has 1 amide bonds. The summed E-state index contributed by atoms with van der Waals surface area (Å²) in [5, 5.41) is 14.5. The zero-order valence-electron chi connectivity index (χ0n) is 12.8. The van der Waals surface area contributed by atoms with Crippen molar-refractivity contribution in [2.45, 2.75) is 26.3 Å². The summed E-state index contributed by atoms with van der Waals surface area (Å²) in [4.78, 5) is 23.3. The van der Waals surface area contributed by atoms with Gasteiger partial charge in [0.25, 0.3) is 5.91 Å². The van der Waals surface area contributed by atoms with E-state index in [9.17, 15) is 9.59 Å². The van der Waals surface area contributed by atoms with Crippen molar-refractivity contribution < 1.29 is 14.3 Å². The molecule has 0 radical (unpaired) electrons. The van der Waals surface area contributed by atoms with Gasteiger partial charge in [-0.1, -0.05) is 13.0 Å². The third kappa shape index (κ3) is 4.94. The van der Waals surface area contributed by atoms with Gasteiger partial charge in [0.15, 0.2) is 5.57 Å². The zero-order valence-corrected chi connectivity index (χ0v) is 12.8. The Morgan fingerprint density at radius 1 is 1.45 bits per heavy atom. The third-order valence-electron chi connectivity index (χ3n) is 3.02. The summed E-state index contributed by atoms with van der Waals surface area (Å²) in [6, 6.07) is 8.60. The molecule has 1 rings (SSSR count). The number of ether oxygens (including phenoxy) is 1. The lowest BCUT2D eigenvalue weighted by Gasteiger charge is -2.12. The summed E-state index contributed by atoms with van der Waals surface area (Å²) in [6.45, 7) is 3.92. The van der Waals surface area contributed by atoms with E-state index in [-0.39, 0.29) is 17.5 Å². The Hall–Kier alpha value is -2.81. The molecule has 1 atom stereocenters. The molecule has 6 nitrogen and oxygen atoms in total. The van der Waals surface area contributed by atoms with Crippen molar-refractivity contribution in [1.29, 1.82) is 5.26 Å². The molecular formula is C16H19N3O3. The molecule has 0 saturated carbocycles. The van der Waals surface area contributed by atoms with Gasteiger partial charge in [0, 0.05) is 23.5 Å². The van der Waals surface area contributed by atoms with Gasteiger partial charge in [-0.3, -0.25) is 4.79 Å². The largest absolute Gasteiger partial charge is 0.465 e. The van der Waals surface area contributed by atoms with Gasteiger partial charge in [0.2, 0.25) is 0 Å². The fourth-order valence-corrected chi connectivity index (χ4v) is 1.56. The normalized spacial score (nSPS) is 12.0. The molecule has 1 aromatic carbocycles. The van der Waals surface area contributed by atoms with E-state index in [4.69, 9.17) is 5.26 Å². The first-order chi connectivity index (χ1) is 10.5. The van der Waals surface area contributed by atoms with Gasteiger partial charge < -0.3 is 15.4 Å². The highest BCUT2D eigenvalue weighted by atomic mass is 16.5. The van der Waals surface area contributed by atoms with Crippen molar-refractivity contribution in [3.05, 3.63) is 41.6 Å². The second kappa shape index (κ2) is 8.47. The summed E-state index contributed by atoms with van der Waals surface area (Å²) < 4.78 is 4.48. The second-order valence-corrected chi connectivity index (χ2v) is 4.67. The highest BCUT2D eigenvalue weighted by Crippen LogP contribution is 2.12. The van der Waals surface area contributed by atoms with Gasteiger partial charge in [-0.2, -0.15) is 5.26 Å². The minimum Gasteiger partial charge on any atom is -0.465 e. The lowest BCUT2D eigenvalue weighted by molar-refractivity contribution is -0.135. The molecule has 116 valence electrons. The van der Waals surface area contributed by atoms with Crippen LogP contribution in [0.25, 0.3) is 0 Å². The standard InChI is InChI=1S/C16H19N3O3/c1-4-11(2)19-15(20)12-6-5-7-14(8-12)18-10-13(9-17)16(21)22-3/h5-8,10-11,18H,4H2,1-3H3,(H,19,20)/b13-10-. The number of amides is 1. The van der Waals surface area contributed by atoms with Crippen molar-refractivity contribution >= 4 is 17.6 Å². The van der Waals surface area contributed by atoms with E-state index in [0.717, 1.165) is 6.42 Å². The summed E-state index contributed by atoms with van der Waals surface area (Å²) in [6.07, 6.45) is 2.09. The van der Waals surface area contributed by atoms with Crippen LogP contribution in [0.2, 0.25) is 0 Å². The SMILES string of the molecule is CCC(C)NC(=O)c1cccc(N/C=C(/C#N)C(=O)OC)c1. The number of carbonyl (C=O) groups excluding carboxylic acids is 2. The minimum absolute atomic E-state index is 0.0912. The molecule has 1 aromatic rings. The van der Waals surface area contributed by atoms with E-state index in [2.05, 4.69) is 15.4 Å². The first-order valence-corrected chi connectivity index (χ1v) is 6.87. The van der Waals surface area contributed by atoms with Crippen LogP contribution in [0.1, 0.15) is 30.6 Å². The number of nitriles is 1. The van der Waals surface area contributed by atoms with Crippen LogP contribution in [-0.2, 0) is 9.53 Å². The van der Waals surface area contributed by atoms with E-state index in [0.29, 0.717) is 11.3 Å². The maximum absolute atomic E-state index is 12.0. The summed E-state index contributed by atoms with van der Waals surface area (Å²) in [5.41, 5.74) is 0.931. The van der Waals surface area contributed by atoms with E-state index < -0.39 is 5.97 Å². The van der Waals surface area contributed by atoms with Crippen LogP contribution in [0.15, 0.2) is 36.0 Å². The smallest absolute Gasteiger partial charge is 0.350 e. The lowest BCUT2D eigenvalue weighted by Crippen LogP contribution is -2.31. The topological polar surface area (TPSA) is 91.2 Å². The number of hydrogen-bond acceptors (Lipinski definition) is 5. The molecule has 22 heavy (non-hydrogen) atoms. The number of nitrogens with one attached hydrogen (secondary N) is 2. The number of carbonyl (C=O) groups is 2. The molecule has 0 aliphatic heterocycles. The van der Waals surface area contributed by atoms with E-state index in [1.54, 1.807) is 30.3 Å². The Kier molecular flexibility index (Phi) is 6.64. The number of esters is 1. The van der Waals surface area contributed by atoms with Gasteiger partial charge >= 0.3 is 5.97 Å². The maximum Gasteiger partial charge on any atom is 0.350 e. The Morgan fingerprint density at radius 3 is 2.77 bits per heavy atom. The monoisotopic (exact) mass is 301 g/mol. The van der Waals surface area contributed by atoms with Gasteiger partial charge in [-0.25, -0.2) is 4.79 Å². The lowest BCUT2D eigenvalue weighted by atomic mass is 10.1. The second-order valence-electron chi connectivity index (χ2n) is 4.67. The Labute approximate surface area is 129 Å². The maximum atomic E-state index is 12.0. The van der Waals surface area contributed by atoms with Crippen LogP contribution in [0.4, 0.5) is 5.69 Å². The molecular weight excluding hydrogens is 282 g/mol. The molecule has 0 aromatic heterocycles. The van der Waals surface area contributed by atoms with Crippen molar-refractivity contribution in [1.82, 2.24) is 5.32 Å². The molecule has 0 heterocycles. The Bertz CT molecular complexity index is 617. The number of anilines is 1. The van der Waals surface area contributed by atoms with Crippen molar-refractivity contribution in [2.75, 3.05) is 12.4 Å². The quantitative estimate of drug-likeness (QED) is 0.477. The van der Waals surface area contributed by atoms with E-state index in [1.165, 1.54) is 13.3 Å². The molecule has 6 heteroatoms. The third-order valence-corrected chi connectivity index (χ3v) is 3.02. The van der Waals surface area contributed by atoms with Crippen LogP contribution in [-0.4, -0.2) is 25.0 Å². The summed E-state index contributed by atoms with van der Waals surface area (Å²) in [5.74, 6) is -0.892. The number of hydrogen-bond donors (Lipinski definition) is 2. The fraction of sp³-hybridized carbons (Fsp3) is 0.312. The minimum atomic E-state index is -0.722. The molecule has 0 spiro atoms. The molecule has 1 unspecified atom stereocenters.